The summed E-state index contributed by atoms with van der Waals surface area (Å²) in [4.78, 5) is 22.4. The molecule has 1 saturated carbocycles. The number of carbonyl (C=O) groups is 2. The summed E-state index contributed by atoms with van der Waals surface area (Å²) in [5.74, 6) is -1.34. The molecule has 0 aromatic carbocycles. The van der Waals surface area contributed by atoms with Gasteiger partial charge in [-0.1, -0.05) is 13.8 Å². The zero-order valence-corrected chi connectivity index (χ0v) is 10.8. The minimum atomic E-state index is -0.842. The van der Waals surface area contributed by atoms with Crippen molar-refractivity contribution in [3.8, 4) is 0 Å². The molecule has 2 N–H and O–H groups in total. The van der Waals surface area contributed by atoms with Crippen molar-refractivity contribution < 1.29 is 19.8 Å². The second-order valence-corrected chi connectivity index (χ2v) is 5.54. The quantitative estimate of drug-likeness (QED) is 0.789. The van der Waals surface area contributed by atoms with Crippen LogP contribution in [-0.4, -0.2) is 27.6 Å². The van der Waals surface area contributed by atoms with Gasteiger partial charge in [-0.05, 0) is 32.1 Å². The number of ketones is 1. The number of aliphatic hydroxyl groups is 1. The Labute approximate surface area is 102 Å². The molecular weight excluding hydrogens is 220 g/mol. The summed E-state index contributed by atoms with van der Waals surface area (Å²) in [5.41, 5.74) is -0.842. The lowest BCUT2D eigenvalue weighted by Gasteiger charge is -2.41. The minimum Gasteiger partial charge on any atom is -0.481 e. The fraction of sp³-hybridized carbons (Fsp3) is 0.846. The van der Waals surface area contributed by atoms with Crippen LogP contribution in [0.4, 0.5) is 0 Å². The highest BCUT2D eigenvalue weighted by atomic mass is 16.4. The van der Waals surface area contributed by atoms with Crippen LogP contribution in [0.15, 0.2) is 0 Å². The molecule has 0 aromatic rings. The van der Waals surface area contributed by atoms with Crippen molar-refractivity contribution in [2.45, 2.75) is 52.1 Å². The van der Waals surface area contributed by atoms with Gasteiger partial charge in [0.05, 0.1) is 11.5 Å². The Morgan fingerprint density at radius 1 is 1.59 bits per heavy atom. The van der Waals surface area contributed by atoms with E-state index in [2.05, 4.69) is 0 Å². The summed E-state index contributed by atoms with van der Waals surface area (Å²) >= 11 is 0. The lowest BCUT2D eigenvalue weighted by molar-refractivity contribution is -0.142. The summed E-state index contributed by atoms with van der Waals surface area (Å²) in [6, 6.07) is 0. The van der Waals surface area contributed by atoms with E-state index in [1.807, 2.05) is 6.92 Å². The van der Waals surface area contributed by atoms with Crippen molar-refractivity contribution in [3.05, 3.63) is 0 Å². The van der Waals surface area contributed by atoms with Crippen molar-refractivity contribution in [2.75, 3.05) is 0 Å². The first-order chi connectivity index (χ1) is 7.75. The Morgan fingerprint density at radius 3 is 2.71 bits per heavy atom. The second kappa shape index (κ2) is 5.17. The molecule has 17 heavy (non-hydrogen) atoms. The number of hydrogen-bond donors (Lipinski definition) is 2. The van der Waals surface area contributed by atoms with Crippen LogP contribution in [0.1, 0.15) is 46.5 Å². The van der Waals surface area contributed by atoms with Crippen molar-refractivity contribution in [1.82, 2.24) is 0 Å². The Kier molecular flexibility index (Phi) is 4.31. The van der Waals surface area contributed by atoms with E-state index in [-0.39, 0.29) is 17.6 Å². The first-order valence-corrected chi connectivity index (χ1v) is 6.23. The standard InChI is InChI=1S/C13H22O4/c1-8(12(15)16)4-5-10-9(2)11(14)6-7-13(10,3)17/h8-10,17H,4-7H2,1-3H3,(H,15,16)/t8-,9+,10+,13+/m1/s1. The summed E-state index contributed by atoms with van der Waals surface area (Å²) in [7, 11) is 0. The van der Waals surface area contributed by atoms with E-state index in [0.717, 1.165) is 0 Å². The van der Waals surface area contributed by atoms with Crippen LogP contribution < -0.4 is 0 Å². The van der Waals surface area contributed by atoms with Gasteiger partial charge in [-0.25, -0.2) is 0 Å². The fourth-order valence-electron chi connectivity index (χ4n) is 2.67. The molecular formula is C13H22O4. The third-order valence-corrected chi connectivity index (χ3v) is 4.12. The van der Waals surface area contributed by atoms with Gasteiger partial charge in [-0.15, -0.1) is 0 Å². The van der Waals surface area contributed by atoms with E-state index < -0.39 is 17.5 Å². The normalized spacial score (nSPS) is 35.6. The van der Waals surface area contributed by atoms with Gasteiger partial charge in [-0.3, -0.25) is 9.59 Å². The van der Waals surface area contributed by atoms with Crippen LogP contribution in [0.3, 0.4) is 0 Å². The van der Waals surface area contributed by atoms with Gasteiger partial charge in [0.15, 0.2) is 0 Å². The highest BCUT2D eigenvalue weighted by Gasteiger charge is 2.42. The Balaban J connectivity index is 2.65. The van der Waals surface area contributed by atoms with Crippen molar-refractivity contribution in [1.29, 1.82) is 0 Å². The molecule has 0 spiro atoms. The number of aliphatic carboxylic acids is 1. The van der Waals surface area contributed by atoms with E-state index in [1.54, 1.807) is 13.8 Å². The second-order valence-electron chi connectivity index (χ2n) is 5.54. The molecule has 0 radical (unpaired) electrons. The van der Waals surface area contributed by atoms with E-state index in [1.165, 1.54) is 0 Å². The van der Waals surface area contributed by atoms with Gasteiger partial charge in [-0.2, -0.15) is 0 Å². The summed E-state index contributed by atoms with van der Waals surface area (Å²) in [6.07, 6.45) is 2.02. The number of hydrogen-bond acceptors (Lipinski definition) is 3. The van der Waals surface area contributed by atoms with Crippen LogP contribution in [0.25, 0.3) is 0 Å². The number of carbonyl (C=O) groups excluding carboxylic acids is 1. The molecule has 0 heterocycles. The maximum absolute atomic E-state index is 11.6. The van der Waals surface area contributed by atoms with Crippen LogP contribution in [0.5, 0.6) is 0 Å². The number of Topliss-reactive ketones (excluding diaryl/α,β-unsaturated/α-hetero) is 1. The van der Waals surface area contributed by atoms with Crippen LogP contribution in [0.2, 0.25) is 0 Å². The third-order valence-electron chi connectivity index (χ3n) is 4.12. The smallest absolute Gasteiger partial charge is 0.306 e. The third kappa shape index (κ3) is 3.28. The van der Waals surface area contributed by atoms with Crippen molar-refractivity contribution in [3.63, 3.8) is 0 Å². The van der Waals surface area contributed by atoms with E-state index in [4.69, 9.17) is 5.11 Å². The van der Waals surface area contributed by atoms with Crippen molar-refractivity contribution in [2.24, 2.45) is 17.8 Å². The molecule has 0 unspecified atom stereocenters. The van der Waals surface area contributed by atoms with Crippen LogP contribution >= 0.6 is 0 Å². The van der Waals surface area contributed by atoms with E-state index in [9.17, 15) is 14.7 Å². The lowest BCUT2D eigenvalue weighted by atomic mass is 9.67. The molecule has 0 amide bonds. The molecule has 4 atom stereocenters. The summed E-state index contributed by atoms with van der Waals surface area (Å²) in [6.45, 7) is 5.25. The topological polar surface area (TPSA) is 74.6 Å². The van der Waals surface area contributed by atoms with Gasteiger partial charge < -0.3 is 10.2 Å². The molecule has 0 bridgehead atoms. The Hall–Kier alpha value is -0.900. The highest BCUT2D eigenvalue weighted by molar-refractivity contribution is 5.82. The molecule has 0 aliphatic heterocycles. The molecule has 98 valence electrons. The molecule has 1 aliphatic rings. The van der Waals surface area contributed by atoms with Crippen LogP contribution in [-0.2, 0) is 9.59 Å². The molecule has 4 heteroatoms. The average Bonchev–Trinajstić information content (AvgIpc) is 2.23. The van der Waals surface area contributed by atoms with Gasteiger partial charge in [0.25, 0.3) is 0 Å². The van der Waals surface area contributed by atoms with Crippen LogP contribution in [0, 0.1) is 17.8 Å². The maximum Gasteiger partial charge on any atom is 0.306 e. The first kappa shape index (κ1) is 14.2. The molecule has 1 rings (SSSR count). The molecule has 1 fully saturated rings. The predicted molar refractivity (Wildman–Crippen MR) is 63.6 cm³/mol. The number of carboxylic acid groups (broad SMARTS) is 1. The molecule has 0 saturated heterocycles. The molecule has 4 nitrogen and oxygen atoms in total. The molecule has 0 aromatic heterocycles. The fourth-order valence-corrected chi connectivity index (χ4v) is 2.67. The lowest BCUT2D eigenvalue weighted by Crippen LogP contribution is -2.46. The van der Waals surface area contributed by atoms with E-state index in [0.29, 0.717) is 25.7 Å². The monoisotopic (exact) mass is 242 g/mol. The average molecular weight is 242 g/mol. The maximum atomic E-state index is 11.6. The van der Waals surface area contributed by atoms with Gasteiger partial charge in [0, 0.05) is 12.3 Å². The summed E-state index contributed by atoms with van der Waals surface area (Å²) < 4.78 is 0. The highest BCUT2D eigenvalue weighted by Crippen LogP contribution is 2.39. The number of rotatable bonds is 4. The van der Waals surface area contributed by atoms with Gasteiger partial charge >= 0.3 is 5.97 Å². The SMILES string of the molecule is C[C@H](CC[C@H]1[C@H](C)C(=O)CC[C@]1(C)O)C(=O)O. The Bertz CT molecular complexity index is 309. The minimum absolute atomic E-state index is 0.120. The zero-order chi connectivity index (χ0) is 13.2. The molecule has 1 aliphatic carbocycles. The first-order valence-electron chi connectivity index (χ1n) is 6.23. The van der Waals surface area contributed by atoms with E-state index >= 15 is 0 Å². The predicted octanol–water partition coefficient (Wildman–Crippen LogP) is 1.85. The summed E-state index contributed by atoms with van der Waals surface area (Å²) in [5, 5.41) is 19.1. The zero-order valence-electron chi connectivity index (χ0n) is 10.8. The number of carboxylic acids is 1. The van der Waals surface area contributed by atoms with Gasteiger partial charge in [0.1, 0.15) is 5.78 Å². The van der Waals surface area contributed by atoms with Crippen molar-refractivity contribution >= 4 is 11.8 Å². The Morgan fingerprint density at radius 2 is 2.18 bits per heavy atom. The largest absolute Gasteiger partial charge is 0.481 e. The van der Waals surface area contributed by atoms with Gasteiger partial charge in [0.2, 0.25) is 0 Å².